The minimum absolute atomic E-state index is 0.305. The van der Waals surface area contributed by atoms with E-state index in [0.717, 1.165) is 33.2 Å². The molecule has 9 heteroatoms. The van der Waals surface area contributed by atoms with Gasteiger partial charge in [0.2, 0.25) is 0 Å². The summed E-state index contributed by atoms with van der Waals surface area (Å²) in [5.41, 5.74) is 5.15. The number of rotatable bonds is 3. The average Bonchev–Trinajstić information content (AvgIpc) is 3.45. The quantitative estimate of drug-likeness (QED) is 0.396. The molecule has 0 aliphatic carbocycles. The third kappa shape index (κ3) is 4.18. The molecule has 3 aromatic heterocycles. The van der Waals surface area contributed by atoms with Crippen LogP contribution in [0, 0.1) is 11.3 Å². The maximum absolute atomic E-state index is 12.4. The number of nitrogens with zero attached hydrogens (tertiary/aromatic N) is 4. The summed E-state index contributed by atoms with van der Waals surface area (Å²) in [6, 6.07) is 10.1. The van der Waals surface area contributed by atoms with Crippen molar-refractivity contribution < 1.29 is 9.53 Å². The second-order valence-corrected chi connectivity index (χ2v) is 9.31. The van der Waals surface area contributed by atoms with Crippen LogP contribution in [0.1, 0.15) is 38.4 Å². The van der Waals surface area contributed by atoms with Gasteiger partial charge in [0.25, 0.3) is 0 Å². The Bertz CT molecular complexity index is 1470. The number of carbonyl (C=O) groups excluding carboxylic acids is 1. The van der Waals surface area contributed by atoms with Gasteiger partial charge in [-0.1, -0.05) is 6.08 Å². The first kappa shape index (κ1) is 21.5. The lowest BCUT2D eigenvalue weighted by Crippen LogP contribution is -2.39. The molecule has 34 heavy (non-hydrogen) atoms. The van der Waals surface area contributed by atoms with Crippen molar-refractivity contribution in [2.24, 2.45) is 0 Å². The Hall–Kier alpha value is -4.32. The first-order chi connectivity index (χ1) is 16.3. The molecule has 0 spiro atoms. The summed E-state index contributed by atoms with van der Waals surface area (Å²) < 4.78 is 5.48. The summed E-state index contributed by atoms with van der Waals surface area (Å²) in [6.45, 7) is 6.64. The molecular formula is C25H25N7O2. The van der Waals surface area contributed by atoms with Crippen molar-refractivity contribution in [1.82, 2.24) is 25.1 Å². The number of benzene rings is 1. The van der Waals surface area contributed by atoms with E-state index in [2.05, 4.69) is 31.6 Å². The Kier molecular flexibility index (Phi) is 5.21. The number of aromatic nitrogens is 4. The molecule has 4 heterocycles. The second-order valence-electron chi connectivity index (χ2n) is 9.31. The van der Waals surface area contributed by atoms with Gasteiger partial charge in [0.1, 0.15) is 17.3 Å². The Morgan fingerprint density at radius 2 is 2.12 bits per heavy atom. The van der Waals surface area contributed by atoms with Crippen molar-refractivity contribution in [2.75, 3.05) is 18.4 Å². The van der Waals surface area contributed by atoms with Gasteiger partial charge in [-0.25, -0.2) is 9.78 Å². The molecule has 0 unspecified atom stereocenters. The number of fused-ring (bicyclic) bond motifs is 2. The number of ether oxygens (including phenoxy) is 1. The third-order valence-corrected chi connectivity index (χ3v) is 5.70. The van der Waals surface area contributed by atoms with Gasteiger partial charge < -0.3 is 19.9 Å². The smallest absolute Gasteiger partial charge is 0.410 e. The van der Waals surface area contributed by atoms with Gasteiger partial charge >= 0.3 is 6.09 Å². The first-order valence-electron chi connectivity index (χ1n) is 11.1. The highest BCUT2D eigenvalue weighted by atomic mass is 16.6. The van der Waals surface area contributed by atoms with Crippen molar-refractivity contribution in [3.8, 4) is 6.07 Å². The highest BCUT2D eigenvalue weighted by Gasteiger charge is 2.24. The van der Waals surface area contributed by atoms with Crippen molar-refractivity contribution in [3.05, 3.63) is 54.0 Å². The summed E-state index contributed by atoms with van der Waals surface area (Å²) in [7, 11) is 0. The molecular weight excluding hydrogens is 430 g/mol. The number of amides is 1. The maximum Gasteiger partial charge on any atom is 0.410 e. The summed E-state index contributed by atoms with van der Waals surface area (Å²) >= 11 is 0. The van der Waals surface area contributed by atoms with E-state index in [4.69, 9.17) is 4.74 Å². The van der Waals surface area contributed by atoms with Gasteiger partial charge in [0, 0.05) is 41.4 Å². The molecule has 9 nitrogen and oxygen atoms in total. The van der Waals surface area contributed by atoms with Gasteiger partial charge in [-0.15, -0.1) is 0 Å². The number of anilines is 2. The number of nitriles is 1. The van der Waals surface area contributed by atoms with Gasteiger partial charge in [0.05, 0.1) is 23.0 Å². The molecule has 0 saturated carbocycles. The lowest BCUT2D eigenvalue weighted by molar-refractivity contribution is 0.0270. The van der Waals surface area contributed by atoms with E-state index in [1.807, 2.05) is 51.1 Å². The third-order valence-electron chi connectivity index (χ3n) is 5.70. The lowest BCUT2D eigenvalue weighted by atomic mass is 10.0. The van der Waals surface area contributed by atoms with E-state index >= 15 is 0 Å². The van der Waals surface area contributed by atoms with Crippen molar-refractivity contribution >= 4 is 45.0 Å². The Morgan fingerprint density at radius 1 is 1.26 bits per heavy atom. The molecule has 0 atom stereocenters. The topological polar surface area (TPSA) is 123 Å². The summed E-state index contributed by atoms with van der Waals surface area (Å²) in [5.74, 6) is 0. The van der Waals surface area contributed by atoms with Crippen LogP contribution >= 0.6 is 0 Å². The summed E-state index contributed by atoms with van der Waals surface area (Å²) in [4.78, 5) is 21.9. The first-order valence-corrected chi connectivity index (χ1v) is 11.1. The molecule has 172 valence electrons. The van der Waals surface area contributed by atoms with E-state index < -0.39 is 5.60 Å². The SMILES string of the molecule is CC(C)(C)OC(=O)N1CC=C(c2cc3c(Nc4ccc5[nH]ncc5c4)c(C#N)cnc3[nH]2)CC1. The molecule has 0 fully saturated rings. The Morgan fingerprint density at radius 3 is 2.85 bits per heavy atom. The largest absolute Gasteiger partial charge is 0.444 e. The molecule has 0 bridgehead atoms. The molecule has 1 aromatic carbocycles. The van der Waals surface area contributed by atoms with E-state index in [9.17, 15) is 10.1 Å². The molecule has 0 saturated heterocycles. The molecule has 0 radical (unpaired) electrons. The predicted molar refractivity (Wildman–Crippen MR) is 131 cm³/mol. The summed E-state index contributed by atoms with van der Waals surface area (Å²) in [5, 5.41) is 21.9. The molecule has 5 rings (SSSR count). The second kappa shape index (κ2) is 8.23. The zero-order valence-corrected chi connectivity index (χ0v) is 19.3. The minimum atomic E-state index is -0.520. The van der Waals surface area contributed by atoms with Crippen molar-refractivity contribution in [1.29, 1.82) is 5.26 Å². The number of carbonyl (C=O) groups is 1. The fraction of sp³-hybridized carbons (Fsp3) is 0.280. The van der Waals surface area contributed by atoms with Crippen LogP contribution in [0.5, 0.6) is 0 Å². The molecule has 3 N–H and O–H groups in total. The normalized spacial score (nSPS) is 14.2. The van der Waals surface area contributed by atoms with E-state index in [-0.39, 0.29) is 6.09 Å². The van der Waals surface area contributed by atoms with E-state index in [0.29, 0.717) is 36.4 Å². The predicted octanol–water partition coefficient (Wildman–Crippen LogP) is 5.08. The van der Waals surface area contributed by atoms with Crippen LogP contribution in [-0.4, -0.2) is 49.8 Å². The number of hydrogen-bond donors (Lipinski definition) is 3. The highest BCUT2D eigenvalue weighted by Crippen LogP contribution is 2.33. The maximum atomic E-state index is 12.4. The number of nitrogens with one attached hydrogen (secondary N) is 3. The number of aromatic amines is 2. The van der Waals surface area contributed by atoms with Crippen LogP contribution in [0.3, 0.4) is 0 Å². The van der Waals surface area contributed by atoms with E-state index in [1.54, 1.807) is 17.3 Å². The van der Waals surface area contributed by atoms with Crippen LogP contribution in [-0.2, 0) is 4.74 Å². The fourth-order valence-corrected chi connectivity index (χ4v) is 4.04. The summed E-state index contributed by atoms with van der Waals surface area (Å²) in [6.07, 6.45) is 5.75. The molecule has 4 aromatic rings. The van der Waals surface area contributed by atoms with E-state index in [1.165, 1.54) is 0 Å². The zero-order valence-electron chi connectivity index (χ0n) is 19.3. The molecule has 1 aliphatic heterocycles. The lowest BCUT2D eigenvalue weighted by Gasteiger charge is -2.29. The minimum Gasteiger partial charge on any atom is -0.444 e. The van der Waals surface area contributed by atoms with Crippen LogP contribution in [0.15, 0.2) is 42.7 Å². The van der Waals surface area contributed by atoms with Crippen LogP contribution in [0.25, 0.3) is 27.5 Å². The van der Waals surface area contributed by atoms with Gasteiger partial charge in [-0.2, -0.15) is 10.4 Å². The van der Waals surface area contributed by atoms with Gasteiger partial charge in [-0.05, 0) is 57.0 Å². The fourth-order valence-electron chi connectivity index (χ4n) is 4.04. The zero-order chi connectivity index (χ0) is 23.9. The van der Waals surface area contributed by atoms with Crippen molar-refractivity contribution in [2.45, 2.75) is 32.8 Å². The highest BCUT2D eigenvalue weighted by molar-refractivity contribution is 5.97. The molecule has 1 amide bonds. The van der Waals surface area contributed by atoms with Crippen molar-refractivity contribution in [3.63, 3.8) is 0 Å². The van der Waals surface area contributed by atoms with Crippen LogP contribution in [0.4, 0.5) is 16.2 Å². The monoisotopic (exact) mass is 455 g/mol. The number of hydrogen-bond acceptors (Lipinski definition) is 6. The van der Waals surface area contributed by atoms with Crippen LogP contribution < -0.4 is 5.32 Å². The Balaban J connectivity index is 1.43. The van der Waals surface area contributed by atoms with Gasteiger partial charge in [-0.3, -0.25) is 5.10 Å². The number of pyridine rings is 1. The molecule has 1 aliphatic rings. The van der Waals surface area contributed by atoms with Crippen LogP contribution in [0.2, 0.25) is 0 Å². The standard InChI is InChI=1S/C25H25N7O2/c1-25(2,3)34-24(33)32-8-6-15(7-9-32)21-11-19-22(17(12-26)13-27-23(19)30-21)29-18-4-5-20-16(10-18)14-28-31-20/h4-6,10-11,13-14H,7-9H2,1-3H3,(H,28,31)(H2,27,29,30). The average molecular weight is 456 g/mol. The number of H-pyrrole nitrogens is 2. The van der Waals surface area contributed by atoms with Gasteiger partial charge in [0.15, 0.2) is 0 Å². The Labute approximate surface area is 196 Å².